The standard InChI is InChI=1S/C22H24N2O5/c1-14-4-5-17(10-15(14)2)23-20(25)13-29-22(27)16-11-21(26)24(12-16)18-6-8-19(28-3)9-7-18/h4-10,16H,11-13H2,1-3H3,(H,23,25). The molecule has 0 aromatic heterocycles. The summed E-state index contributed by atoms with van der Waals surface area (Å²) in [7, 11) is 1.57. The molecule has 1 aliphatic heterocycles. The number of ether oxygens (including phenoxy) is 2. The molecular formula is C22H24N2O5. The zero-order valence-corrected chi connectivity index (χ0v) is 16.7. The van der Waals surface area contributed by atoms with Crippen molar-refractivity contribution in [1.82, 2.24) is 0 Å². The second-order valence-corrected chi connectivity index (χ2v) is 7.06. The van der Waals surface area contributed by atoms with Crippen LogP contribution in [0.2, 0.25) is 0 Å². The number of amides is 2. The van der Waals surface area contributed by atoms with Crippen molar-refractivity contribution in [2.75, 3.05) is 30.5 Å². The fourth-order valence-corrected chi connectivity index (χ4v) is 3.15. The van der Waals surface area contributed by atoms with Crippen molar-refractivity contribution >= 4 is 29.2 Å². The monoisotopic (exact) mass is 396 g/mol. The van der Waals surface area contributed by atoms with Crippen LogP contribution < -0.4 is 15.0 Å². The minimum Gasteiger partial charge on any atom is -0.497 e. The first kappa shape index (κ1) is 20.4. The Balaban J connectivity index is 1.52. The van der Waals surface area contributed by atoms with E-state index in [1.807, 2.05) is 26.0 Å². The van der Waals surface area contributed by atoms with Gasteiger partial charge in [0.2, 0.25) is 5.91 Å². The Hall–Kier alpha value is -3.35. The summed E-state index contributed by atoms with van der Waals surface area (Å²) in [6, 6.07) is 12.6. The van der Waals surface area contributed by atoms with Crippen molar-refractivity contribution in [3.05, 3.63) is 53.6 Å². The van der Waals surface area contributed by atoms with Crippen LogP contribution in [0.25, 0.3) is 0 Å². The van der Waals surface area contributed by atoms with E-state index in [2.05, 4.69) is 5.32 Å². The third kappa shape index (κ3) is 4.93. The number of hydrogen-bond acceptors (Lipinski definition) is 5. The summed E-state index contributed by atoms with van der Waals surface area (Å²) in [5.74, 6) is -1.04. The molecule has 3 rings (SSSR count). The van der Waals surface area contributed by atoms with Crippen LogP contribution in [0.5, 0.6) is 5.75 Å². The quantitative estimate of drug-likeness (QED) is 0.759. The van der Waals surface area contributed by atoms with Crippen molar-refractivity contribution in [2.24, 2.45) is 5.92 Å². The molecule has 7 nitrogen and oxygen atoms in total. The van der Waals surface area contributed by atoms with E-state index < -0.39 is 17.8 Å². The maximum Gasteiger partial charge on any atom is 0.311 e. The van der Waals surface area contributed by atoms with Crippen molar-refractivity contribution in [3.8, 4) is 5.75 Å². The van der Waals surface area contributed by atoms with E-state index in [1.165, 1.54) is 0 Å². The van der Waals surface area contributed by atoms with E-state index in [4.69, 9.17) is 9.47 Å². The van der Waals surface area contributed by atoms with Gasteiger partial charge in [0.1, 0.15) is 5.75 Å². The van der Waals surface area contributed by atoms with Gasteiger partial charge in [-0.3, -0.25) is 14.4 Å². The molecule has 0 spiro atoms. The molecule has 29 heavy (non-hydrogen) atoms. The summed E-state index contributed by atoms with van der Waals surface area (Å²) in [6.45, 7) is 3.78. The minimum absolute atomic E-state index is 0.0592. The summed E-state index contributed by atoms with van der Waals surface area (Å²) in [5.41, 5.74) is 3.53. The maximum atomic E-state index is 12.3. The molecule has 0 bridgehead atoms. The molecule has 0 radical (unpaired) electrons. The predicted octanol–water partition coefficient (Wildman–Crippen LogP) is 2.85. The van der Waals surface area contributed by atoms with Crippen LogP contribution in [0.1, 0.15) is 17.5 Å². The van der Waals surface area contributed by atoms with Crippen LogP contribution in [0.4, 0.5) is 11.4 Å². The summed E-state index contributed by atoms with van der Waals surface area (Å²) in [4.78, 5) is 38.2. The molecule has 152 valence electrons. The summed E-state index contributed by atoms with van der Waals surface area (Å²) >= 11 is 0. The number of anilines is 2. The zero-order valence-electron chi connectivity index (χ0n) is 16.7. The largest absolute Gasteiger partial charge is 0.497 e. The molecule has 1 atom stereocenters. The van der Waals surface area contributed by atoms with Crippen molar-refractivity contribution in [2.45, 2.75) is 20.3 Å². The first-order chi connectivity index (χ1) is 13.9. The number of nitrogens with zero attached hydrogens (tertiary/aromatic N) is 1. The van der Waals surface area contributed by atoms with Crippen LogP contribution in [-0.4, -0.2) is 38.0 Å². The first-order valence-corrected chi connectivity index (χ1v) is 9.35. The number of esters is 1. The lowest BCUT2D eigenvalue weighted by Gasteiger charge is -2.17. The average Bonchev–Trinajstić information content (AvgIpc) is 3.11. The van der Waals surface area contributed by atoms with Gasteiger partial charge in [0.05, 0.1) is 13.0 Å². The molecule has 7 heteroatoms. The van der Waals surface area contributed by atoms with Crippen LogP contribution in [0.15, 0.2) is 42.5 Å². The van der Waals surface area contributed by atoms with E-state index >= 15 is 0 Å². The van der Waals surface area contributed by atoms with Gasteiger partial charge in [0.25, 0.3) is 5.91 Å². The molecule has 1 fully saturated rings. The molecule has 1 heterocycles. The lowest BCUT2D eigenvalue weighted by molar-refractivity contribution is -0.151. The average molecular weight is 396 g/mol. The van der Waals surface area contributed by atoms with Gasteiger partial charge in [0.15, 0.2) is 6.61 Å². The Labute approximate surface area is 169 Å². The zero-order chi connectivity index (χ0) is 21.0. The third-order valence-corrected chi connectivity index (χ3v) is 4.98. The number of methoxy groups -OCH3 is 1. The number of nitrogens with one attached hydrogen (secondary N) is 1. The second kappa shape index (κ2) is 8.77. The Morgan fingerprint density at radius 2 is 1.83 bits per heavy atom. The van der Waals surface area contributed by atoms with Crippen LogP contribution in [0, 0.1) is 19.8 Å². The predicted molar refractivity (Wildman–Crippen MR) is 109 cm³/mol. The highest BCUT2D eigenvalue weighted by Crippen LogP contribution is 2.27. The number of hydrogen-bond donors (Lipinski definition) is 1. The number of rotatable bonds is 6. The third-order valence-electron chi connectivity index (χ3n) is 4.98. The Morgan fingerprint density at radius 1 is 1.10 bits per heavy atom. The van der Waals surface area contributed by atoms with Gasteiger partial charge in [-0.2, -0.15) is 0 Å². The topological polar surface area (TPSA) is 84.9 Å². The van der Waals surface area contributed by atoms with Crippen molar-refractivity contribution < 1.29 is 23.9 Å². The van der Waals surface area contributed by atoms with Gasteiger partial charge < -0.3 is 19.7 Å². The number of carbonyl (C=O) groups excluding carboxylic acids is 3. The van der Waals surface area contributed by atoms with Gasteiger partial charge in [-0.1, -0.05) is 6.07 Å². The molecule has 2 aromatic rings. The minimum atomic E-state index is -0.598. The van der Waals surface area contributed by atoms with E-state index in [1.54, 1.807) is 42.3 Å². The van der Waals surface area contributed by atoms with E-state index in [0.29, 0.717) is 17.1 Å². The SMILES string of the molecule is COc1ccc(N2CC(C(=O)OCC(=O)Nc3ccc(C)c(C)c3)CC2=O)cc1. The van der Waals surface area contributed by atoms with Crippen LogP contribution in [-0.2, 0) is 19.1 Å². The lowest BCUT2D eigenvalue weighted by atomic mass is 10.1. The summed E-state index contributed by atoms with van der Waals surface area (Å²) in [6.07, 6.45) is 0.0592. The Morgan fingerprint density at radius 3 is 2.48 bits per heavy atom. The molecule has 1 saturated heterocycles. The second-order valence-electron chi connectivity index (χ2n) is 7.06. The highest BCUT2D eigenvalue weighted by molar-refractivity contribution is 6.00. The molecular weight excluding hydrogens is 372 g/mol. The van der Waals surface area contributed by atoms with Gasteiger partial charge in [-0.15, -0.1) is 0 Å². The van der Waals surface area contributed by atoms with Gasteiger partial charge in [-0.25, -0.2) is 0 Å². The normalized spacial score (nSPS) is 15.9. The molecule has 1 aliphatic rings. The van der Waals surface area contributed by atoms with Gasteiger partial charge in [0, 0.05) is 24.3 Å². The lowest BCUT2D eigenvalue weighted by Crippen LogP contribution is -2.28. The first-order valence-electron chi connectivity index (χ1n) is 9.35. The van der Waals surface area contributed by atoms with Gasteiger partial charge >= 0.3 is 5.97 Å². The highest BCUT2D eigenvalue weighted by Gasteiger charge is 2.36. The molecule has 2 amide bonds. The van der Waals surface area contributed by atoms with Crippen LogP contribution in [0.3, 0.4) is 0 Å². The summed E-state index contributed by atoms with van der Waals surface area (Å²) in [5, 5.41) is 2.70. The number of carbonyl (C=O) groups is 3. The van der Waals surface area contributed by atoms with Crippen molar-refractivity contribution in [1.29, 1.82) is 0 Å². The maximum absolute atomic E-state index is 12.3. The molecule has 2 aromatic carbocycles. The number of benzene rings is 2. The number of aryl methyl sites for hydroxylation is 2. The van der Waals surface area contributed by atoms with E-state index in [0.717, 1.165) is 11.1 Å². The summed E-state index contributed by atoms with van der Waals surface area (Å²) < 4.78 is 10.2. The van der Waals surface area contributed by atoms with E-state index in [-0.39, 0.29) is 25.5 Å². The van der Waals surface area contributed by atoms with Crippen molar-refractivity contribution in [3.63, 3.8) is 0 Å². The smallest absolute Gasteiger partial charge is 0.311 e. The van der Waals surface area contributed by atoms with E-state index in [9.17, 15) is 14.4 Å². The molecule has 1 N–H and O–H groups in total. The highest BCUT2D eigenvalue weighted by atomic mass is 16.5. The fraction of sp³-hybridized carbons (Fsp3) is 0.318. The Bertz CT molecular complexity index is 923. The van der Waals surface area contributed by atoms with Crippen LogP contribution >= 0.6 is 0 Å². The molecule has 1 unspecified atom stereocenters. The fourth-order valence-electron chi connectivity index (χ4n) is 3.15. The molecule has 0 saturated carbocycles. The Kier molecular flexibility index (Phi) is 6.16. The van der Waals surface area contributed by atoms with Gasteiger partial charge in [-0.05, 0) is 61.4 Å². The molecule has 0 aliphatic carbocycles.